The van der Waals surface area contributed by atoms with Gasteiger partial charge < -0.3 is 10.1 Å². The number of para-hydroxylation sites is 1. The van der Waals surface area contributed by atoms with Gasteiger partial charge in [0.05, 0.1) is 12.6 Å². The quantitative estimate of drug-likeness (QED) is 0.545. The molecule has 0 fully saturated rings. The summed E-state index contributed by atoms with van der Waals surface area (Å²) in [6.45, 7) is 4.27. The summed E-state index contributed by atoms with van der Waals surface area (Å²) in [4.78, 5) is 12.4. The number of carbonyl (C=O) groups excluding carboxylic acids is 1. The Balaban J connectivity index is 1.61. The van der Waals surface area contributed by atoms with Gasteiger partial charge in [-0.2, -0.15) is 5.10 Å². The minimum absolute atomic E-state index is 0.0207. The van der Waals surface area contributed by atoms with Crippen LogP contribution in [0.5, 0.6) is 5.75 Å². The standard InChI is InChI=1S/C21H24N4O4S/c1-16(2)29-19-10-8-18(9-11-19)24-30(27,28)15-21(26)23-20-7-4-3-6-17(20)14-25-13-5-12-22-25/h3-13,16,24H,14-15H2,1-2H3,(H,23,26). The van der Waals surface area contributed by atoms with Gasteiger partial charge in [-0.3, -0.25) is 14.2 Å². The van der Waals surface area contributed by atoms with Crippen molar-refractivity contribution in [1.29, 1.82) is 0 Å². The lowest BCUT2D eigenvalue weighted by Gasteiger charge is -2.13. The molecule has 0 aliphatic carbocycles. The predicted molar refractivity (Wildman–Crippen MR) is 116 cm³/mol. The third-order valence-corrected chi connectivity index (χ3v) is 5.19. The summed E-state index contributed by atoms with van der Waals surface area (Å²) >= 11 is 0. The Morgan fingerprint density at radius 1 is 1.10 bits per heavy atom. The molecule has 0 aliphatic heterocycles. The normalized spacial score (nSPS) is 11.3. The van der Waals surface area contributed by atoms with Gasteiger partial charge in [-0.1, -0.05) is 18.2 Å². The summed E-state index contributed by atoms with van der Waals surface area (Å²) in [6, 6.07) is 15.5. The third kappa shape index (κ3) is 6.35. The smallest absolute Gasteiger partial charge is 0.241 e. The summed E-state index contributed by atoms with van der Waals surface area (Å²) in [5.74, 6) is -0.692. The van der Waals surface area contributed by atoms with Crippen molar-refractivity contribution in [3.63, 3.8) is 0 Å². The van der Waals surface area contributed by atoms with E-state index >= 15 is 0 Å². The van der Waals surface area contributed by atoms with Crippen LogP contribution in [0.1, 0.15) is 19.4 Å². The summed E-state index contributed by atoms with van der Waals surface area (Å²) in [6.07, 6.45) is 3.50. The molecular weight excluding hydrogens is 404 g/mol. The molecule has 8 nitrogen and oxygen atoms in total. The van der Waals surface area contributed by atoms with Crippen LogP contribution in [0.2, 0.25) is 0 Å². The topological polar surface area (TPSA) is 102 Å². The van der Waals surface area contributed by atoms with Crippen LogP contribution in [0.25, 0.3) is 0 Å². The number of nitrogens with zero attached hydrogens (tertiary/aromatic N) is 2. The van der Waals surface area contributed by atoms with Gasteiger partial charge in [0, 0.05) is 23.8 Å². The molecule has 0 spiro atoms. The Labute approximate surface area is 175 Å². The van der Waals surface area contributed by atoms with Crippen molar-refractivity contribution in [2.75, 3.05) is 15.8 Å². The number of benzene rings is 2. The van der Waals surface area contributed by atoms with Crippen LogP contribution in [0.4, 0.5) is 11.4 Å². The van der Waals surface area contributed by atoms with E-state index in [2.05, 4.69) is 15.1 Å². The van der Waals surface area contributed by atoms with E-state index in [-0.39, 0.29) is 6.10 Å². The number of hydrogen-bond acceptors (Lipinski definition) is 5. The molecule has 3 aromatic rings. The molecule has 1 heterocycles. The lowest BCUT2D eigenvalue weighted by molar-refractivity contribution is -0.113. The van der Waals surface area contributed by atoms with Crippen molar-refractivity contribution < 1.29 is 17.9 Å². The Kier molecular flexibility index (Phi) is 6.73. The SMILES string of the molecule is CC(C)Oc1ccc(NS(=O)(=O)CC(=O)Nc2ccccc2Cn2cccn2)cc1. The first-order valence-corrected chi connectivity index (χ1v) is 11.1. The molecule has 0 unspecified atom stereocenters. The zero-order valence-electron chi connectivity index (χ0n) is 16.8. The molecule has 0 saturated heterocycles. The van der Waals surface area contributed by atoms with Crippen molar-refractivity contribution in [2.24, 2.45) is 0 Å². The first kappa shape index (κ1) is 21.4. The van der Waals surface area contributed by atoms with Crippen LogP contribution in [0.3, 0.4) is 0 Å². The third-order valence-electron chi connectivity index (χ3n) is 4.00. The van der Waals surface area contributed by atoms with E-state index in [4.69, 9.17) is 4.74 Å². The fraction of sp³-hybridized carbons (Fsp3) is 0.238. The maximum Gasteiger partial charge on any atom is 0.241 e. The molecule has 1 amide bonds. The van der Waals surface area contributed by atoms with Gasteiger partial charge in [0.15, 0.2) is 0 Å². The fourth-order valence-electron chi connectivity index (χ4n) is 2.80. The predicted octanol–water partition coefficient (Wildman–Crippen LogP) is 3.10. The lowest BCUT2D eigenvalue weighted by atomic mass is 10.2. The maximum absolute atomic E-state index is 12.4. The molecule has 0 bridgehead atoms. The largest absolute Gasteiger partial charge is 0.491 e. The number of hydrogen-bond donors (Lipinski definition) is 2. The number of nitrogens with one attached hydrogen (secondary N) is 2. The summed E-state index contributed by atoms with van der Waals surface area (Å²) in [7, 11) is -3.87. The summed E-state index contributed by atoms with van der Waals surface area (Å²) in [5, 5.41) is 6.83. The Hall–Kier alpha value is -3.33. The van der Waals surface area contributed by atoms with Crippen molar-refractivity contribution in [2.45, 2.75) is 26.5 Å². The molecular formula is C21H24N4O4S. The molecule has 0 saturated carbocycles. The minimum atomic E-state index is -3.87. The fourth-order valence-corrected chi connectivity index (χ4v) is 3.78. The Morgan fingerprint density at radius 2 is 1.83 bits per heavy atom. The molecule has 1 aromatic heterocycles. The second-order valence-corrected chi connectivity index (χ2v) is 8.68. The zero-order chi connectivity index (χ0) is 21.6. The van der Waals surface area contributed by atoms with E-state index in [0.29, 0.717) is 23.7 Å². The molecule has 3 rings (SSSR count). The second-order valence-electron chi connectivity index (χ2n) is 6.96. The number of rotatable bonds is 9. The monoisotopic (exact) mass is 428 g/mol. The van der Waals surface area contributed by atoms with Gasteiger partial charge in [-0.05, 0) is 55.8 Å². The highest BCUT2D eigenvalue weighted by Gasteiger charge is 2.18. The van der Waals surface area contributed by atoms with Crippen LogP contribution in [-0.2, 0) is 21.4 Å². The highest BCUT2D eigenvalue weighted by atomic mass is 32.2. The van der Waals surface area contributed by atoms with Gasteiger partial charge in [0.25, 0.3) is 0 Å². The number of anilines is 2. The molecule has 0 radical (unpaired) electrons. The molecule has 2 aromatic carbocycles. The lowest BCUT2D eigenvalue weighted by Crippen LogP contribution is -2.27. The van der Waals surface area contributed by atoms with Crippen molar-refractivity contribution in [3.8, 4) is 5.75 Å². The number of carbonyl (C=O) groups is 1. The highest BCUT2D eigenvalue weighted by molar-refractivity contribution is 7.93. The van der Waals surface area contributed by atoms with Crippen LogP contribution in [-0.4, -0.2) is 36.0 Å². The molecule has 9 heteroatoms. The van der Waals surface area contributed by atoms with E-state index in [9.17, 15) is 13.2 Å². The average molecular weight is 429 g/mol. The van der Waals surface area contributed by atoms with Gasteiger partial charge in [-0.15, -0.1) is 0 Å². The van der Waals surface area contributed by atoms with Crippen molar-refractivity contribution in [3.05, 3.63) is 72.6 Å². The Bertz CT molecular complexity index is 1080. The van der Waals surface area contributed by atoms with Crippen LogP contribution >= 0.6 is 0 Å². The number of amides is 1. The number of aromatic nitrogens is 2. The van der Waals surface area contributed by atoms with E-state index in [1.807, 2.05) is 32.2 Å². The van der Waals surface area contributed by atoms with Crippen molar-refractivity contribution in [1.82, 2.24) is 9.78 Å². The van der Waals surface area contributed by atoms with Gasteiger partial charge in [-0.25, -0.2) is 8.42 Å². The van der Waals surface area contributed by atoms with Crippen molar-refractivity contribution >= 4 is 27.3 Å². The molecule has 0 aliphatic rings. The van der Waals surface area contributed by atoms with Gasteiger partial charge in [0.1, 0.15) is 11.5 Å². The minimum Gasteiger partial charge on any atom is -0.491 e. The summed E-state index contributed by atoms with van der Waals surface area (Å²) < 4.78 is 34.4. The van der Waals surface area contributed by atoms with E-state index in [1.165, 1.54) is 0 Å². The van der Waals surface area contributed by atoms with E-state index < -0.39 is 21.7 Å². The van der Waals surface area contributed by atoms with E-state index in [1.54, 1.807) is 53.3 Å². The molecule has 158 valence electrons. The first-order chi connectivity index (χ1) is 14.3. The van der Waals surface area contributed by atoms with Gasteiger partial charge in [0.2, 0.25) is 15.9 Å². The maximum atomic E-state index is 12.4. The summed E-state index contributed by atoms with van der Waals surface area (Å²) in [5.41, 5.74) is 1.72. The van der Waals surface area contributed by atoms with Crippen LogP contribution < -0.4 is 14.8 Å². The highest BCUT2D eigenvalue weighted by Crippen LogP contribution is 2.19. The van der Waals surface area contributed by atoms with Crippen LogP contribution in [0.15, 0.2) is 67.0 Å². The van der Waals surface area contributed by atoms with E-state index in [0.717, 1.165) is 5.56 Å². The number of ether oxygens (including phenoxy) is 1. The number of sulfonamides is 1. The van der Waals surface area contributed by atoms with Gasteiger partial charge >= 0.3 is 0 Å². The Morgan fingerprint density at radius 3 is 2.50 bits per heavy atom. The first-order valence-electron chi connectivity index (χ1n) is 9.43. The molecule has 30 heavy (non-hydrogen) atoms. The second kappa shape index (κ2) is 9.45. The zero-order valence-corrected chi connectivity index (χ0v) is 17.6. The average Bonchev–Trinajstić information content (AvgIpc) is 3.17. The van der Waals surface area contributed by atoms with Crippen LogP contribution in [0, 0.1) is 0 Å². The molecule has 2 N–H and O–H groups in total. The molecule has 0 atom stereocenters.